The molecule has 1 saturated carbocycles. The van der Waals surface area contributed by atoms with Gasteiger partial charge in [-0.15, -0.1) is 0 Å². The standard InChI is InChI=1S/C13H18FN/c1-13(14,11-3-2-4-11)12-7-5-10(9-15)6-8-12/h5-8,11H,2-4,9,15H2,1H3. The van der Waals surface area contributed by atoms with Gasteiger partial charge < -0.3 is 5.73 Å². The minimum atomic E-state index is -1.16. The van der Waals surface area contributed by atoms with Crippen molar-refractivity contribution in [1.29, 1.82) is 0 Å². The predicted octanol–water partition coefficient (Wildman–Crippen LogP) is 3.13. The predicted molar refractivity (Wildman–Crippen MR) is 60.1 cm³/mol. The molecule has 0 amide bonds. The van der Waals surface area contributed by atoms with Crippen LogP contribution in [0.2, 0.25) is 0 Å². The lowest BCUT2D eigenvalue weighted by atomic mass is 9.72. The monoisotopic (exact) mass is 207 g/mol. The largest absolute Gasteiger partial charge is 0.326 e. The van der Waals surface area contributed by atoms with Crippen molar-refractivity contribution < 1.29 is 4.39 Å². The van der Waals surface area contributed by atoms with Gasteiger partial charge in [0.15, 0.2) is 0 Å². The Hall–Kier alpha value is -0.890. The average Bonchev–Trinajstić information content (AvgIpc) is 2.14. The molecule has 1 unspecified atom stereocenters. The van der Waals surface area contributed by atoms with Crippen molar-refractivity contribution in [3.8, 4) is 0 Å². The summed E-state index contributed by atoms with van der Waals surface area (Å²) in [7, 11) is 0. The highest BCUT2D eigenvalue weighted by Gasteiger charge is 2.39. The Morgan fingerprint density at radius 2 is 1.93 bits per heavy atom. The number of rotatable bonds is 3. The highest BCUT2D eigenvalue weighted by molar-refractivity contribution is 5.27. The lowest BCUT2D eigenvalue weighted by Gasteiger charge is -2.37. The van der Waals surface area contributed by atoms with Crippen LogP contribution in [-0.4, -0.2) is 0 Å². The summed E-state index contributed by atoms with van der Waals surface area (Å²) < 4.78 is 14.5. The van der Waals surface area contributed by atoms with E-state index in [2.05, 4.69) is 0 Å². The van der Waals surface area contributed by atoms with Crippen molar-refractivity contribution >= 4 is 0 Å². The van der Waals surface area contributed by atoms with Gasteiger partial charge in [0.25, 0.3) is 0 Å². The van der Waals surface area contributed by atoms with Gasteiger partial charge in [0.1, 0.15) is 5.67 Å². The van der Waals surface area contributed by atoms with Crippen molar-refractivity contribution in [3.63, 3.8) is 0 Å². The van der Waals surface area contributed by atoms with E-state index in [1.165, 1.54) is 6.42 Å². The minimum Gasteiger partial charge on any atom is -0.326 e. The number of benzene rings is 1. The molecule has 15 heavy (non-hydrogen) atoms. The Kier molecular flexibility index (Phi) is 2.79. The number of hydrogen-bond acceptors (Lipinski definition) is 1. The Labute approximate surface area is 90.5 Å². The van der Waals surface area contributed by atoms with Crippen LogP contribution in [0.1, 0.15) is 37.3 Å². The van der Waals surface area contributed by atoms with Crippen molar-refractivity contribution in [2.24, 2.45) is 11.7 Å². The molecule has 0 aliphatic heterocycles. The fraction of sp³-hybridized carbons (Fsp3) is 0.538. The summed E-state index contributed by atoms with van der Waals surface area (Å²) in [4.78, 5) is 0. The first-order chi connectivity index (χ1) is 7.14. The highest BCUT2D eigenvalue weighted by Crippen LogP contribution is 2.44. The molecule has 0 heterocycles. The zero-order chi connectivity index (χ0) is 10.9. The van der Waals surface area contributed by atoms with E-state index in [0.29, 0.717) is 6.54 Å². The third kappa shape index (κ3) is 1.91. The zero-order valence-electron chi connectivity index (χ0n) is 9.17. The highest BCUT2D eigenvalue weighted by atomic mass is 19.1. The van der Waals surface area contributed by atoms with Crippen molar-refractivity contribution in [1.82, 2.24) is 0 Å². The van der Waals surface area contributed by atoms with E-state index in [-0.39, 0.29) is 5.92 Å². The molecule has 0 bridgehead atoms. The molecule has 0 spiro atoms. The maximum Gasteiger partial charge on any atom is 0.136 e. The second-order valence-corrected chi connectivity index (χ2v) is 4.60. The molecule has 1 aliphatic carbocycles. The van der Waals surface area contributed by atoms with E-state index in [0.717, 1.165) is 24.0 Å². The molecule has 1 nitrogen and oxygen atoms in total. The summed E-state index contributed by atoms with van der Waals surface area (Å²) in [6.45, 7) is 2.22. The van der Waals surface area contributed by atoms with Crippen LogP contribution in [0.5, 0.6) is 0 Å². The minimum absolute atomic E-state index is 0.209. The molecule has 0 radical (unpaired) electrons. The summed E-state index contributed by atoms with van der Waals surface area (Å²) in [5.41, 5.74) is 6.21. The van der Waals surface area contributed by atoms with Gasteiger partial charge in [-0.2, -0.15) is 0 Å². The van der Waals surface area contributed by atoms with E-state index in [1.54, 1.807) is 6.92 Å². The smallest absolute Gasteiger partial charge is 0.136 e. The summed E-state index contributed by atoms with van der Waals surface area (Å²) in [6.07, 6.45) is 3.21. The molecule has 1 fully saturated rings. The van der Waals surface area contributed by atoms with E-state index in [9.17, 15) is 4.39 Å². The van der Waals surface area contributed by atoms with Crippen LogP contribution in [0.4, 0.5) is 4.39 Å². The number of hydrogen-bond donors (Lipinski definition) is 1. The maximum absolute atomic E-state index is 14.5. The van der Waals surface area contributed by atoms with Crippen LogP contribution in [0.15, 0.2) is 24.3 Å². The molecule has 1 aliphatic rings. The molecule has 0 aromatic heterocycles. The van der Waals surface area contributed by atoms with E-state index in [1.807, 2.05) is 24.3 Å². The summed E-state index contributed by atoms with van der Waals surface area (Å²) in [6, 6.07) is 7.60. The Balaban J connectivity index is 2.20. The number of alkyl halides is 1. The first-order valence-corrected chi connectivity index (χ1v) is 5.63. The fourth-order valence-corrected chi connectivity index (χ4v) is 2.15. The van der Waals surface area contributed by atoms with E-state index < -0.39 is 5.67 Å². The molecular weight excluding hydrogens is 189 g/mol. The van der Waals surface area contributed by atoms with Gasteiger partial charge in [-0.3, -0.25) is 0 Å². The third-order valence-corrected chi connectivity index (χ3v) is 3.63. The van der Waals surface area contributed by atoms with Crippen LogP contribution < -0.4 is 5.73 Å². The molecule has 2 rings (SSSR count). The topological polar surface area (TPSA) is 26.0 Å². The lowest BCUT2D eigenvalue weighted by Crippen LogP contribution is -2.32. The van der Waals surface area contributed by atoms with Crippen LogP contribution in [0.25, 0.3) is 0 Å². The summed E-state index contributed by atoms with van der Waals surface area (Å²) >= 11 is 0. The molecule has 0 saturated heterocycles. The third-order valence-electron chi connectivity index (χ3n) is 3.63. The van der Waals surface area contributed by atoms with Gasteiger partial charge in [-0.1, -0.05) is 30.7 Å². The molecule has 2 N–H and O–H groups in total. The molecule has 82 valence electrons. The Morgan fingerprint density at radius 1 is 1.33 bits per heavy atom. The lowest BCUT2D eigenvalue weighted by molar-refractivity contribution is 0.0463. The van der Waals surface area contributed by atoms with Gasteiger partial charge >= 0.3 is 0 Å². The summed E-state index contributed by atoms with van der Waals surface area (Å²) in [5, 5.41) is 0. The van der Waals surface area contributed by atoms with Gasteiger partial charge in [0.2, 0.25) is 0 Å². The molecule has 1 aromatic rings. The molecule has 1 atom stereocenters. The van der Waals surface area contributed by atoms with E-state index >= 15 is 0 Å². The van der Waals surface area contributed by atoms with Crippen LogP contribution >= 0.6 is 0 Å². The van der Waals surface area contributed by atoms with Crippen LogP contribution in [-0.2, 0) is 12.2 Å². The van der Waals surface area contributed by atoms with Gasteiger partial charge in [0.05, 0.1) is 0 Å². The fourth-order valence-electron chi connectivity index (χ4n) is 2.15. The van der Waals surface area contributed by atoms with Crippen LogP contribution in [0, 0.1) is 5.92 Å². The maximum atomic E-state index is 14.5. The van der Waals surface area contributed by atoms with Crippen molar-refractivity contribution in [3.05, 3.63) is 35.4 Å². The normalized spacial score (nSPS) is 20.7. The van der Waals surface area contributed by atoms with Gasteiger partial charge in [-0.05, 0) is 36.8 Å². The average molecular weight is 207 g/mol. The van der Waals surface area contributed by atoms with Crippen LogP contribution in [0.3, 0.4) is 0 Å². The molecular formula is C13H18FN. The van der Waals surface area contributed by atoms with E-state index in [4.69, 9.17) is 5.73 Å². The second kappa shape index (κ2) is 3.93. The molecule has 1 aromatic carbocycles. The van der Waals surface area contributed by atoms with Gasteiger partial charge in [0, 0.05) is 6.54 Å². The number of nitrogens with two attached hydrogens (primary N) is 1. The van der Waals surface area contributed by atoms with Crippen molar-refractivity contribution in [2.45, 2.75) is 38.4 Å². The van der Waals surface area contributed by atoms with Crippen molar-refractivity contribution in [2.75, 3.05) is 0 Å². The zero-order valence-corrected chi connectivity index (χ0v) is 9.17. The Bertz CT molecular complexity index is 325. The SMILES string of the molecule is CC(F)(c1ccc(CN)cc1)C1CCC1. The summed E-state index contributed by atoms with van der Waals surface area (Å²) in [5.74, 6) is 0.209. The second-order valence-electron chi connectivity index (χ2n) is 4.60. The first kappa shape index (κ1) is 10.6. The Morgan fingerprint density at radius 3 is 2.33 bits per heavy atom. The quantitative estimate of drug-likeness (QED) is 0.809. The first-order valence-electron chi connectivity index (χ1n) is 5.63. The van der Waals surface area contributed by atoms with Gasteiger partial charge in [-0.25, -0.2) is 4.39 Å². The number of halogens is 1. The molecule has 2 heteroatoms.